The molecule has 1 unspecified atom stereocenters. The first-order chi connectivity index (χ1) is 10.1. The average Bonchev–Trinajstić information content (AvgIpc) is 2.46. The van der Waals surface area contributed by atoms with Crippen LogP contribution in [0.15, 0.2) is 18.2 Å². The smallest absolute Gasteiger partial charge is 0.252 e. The Morgan fingerprint density at radius 1 is 1.43 bits per heavy atom. The molecule has 4 heteroatoms. The Balaban J connectivity index is 2.78. The maximum atomic E-state index is 13.3. The Morgan fingerprint density at radius 3 is 2.86 bits per heavy atom. The zero-order valence-electron chi connectivity index (χ0n) is 12.6. The molecule has 0 heterocycles. The molecule has 0 fully saturated rings. The summed E-state index contributed by atoms with van der Waals surface area (Å²) in [5.74, 6) is 4.34. The van der Waals surface area contributed by atoms with Gasteiger partial charge in [0.25, 0.3) is 5.91 Å². The topological polar surface area (TPSA) is 49.3 Å². The van der Waals surface area contributed by atoms with Gasteiger partial charge in [0, 0.05) is 11.6 Å². The van der Waals surface area contributed by atoms with Crippen molar-refractivity contribution in [3.8, 4) is 11.8 Å². The van der Waals surface area contributed by atoms with Gasteiger partial charge in [-0.05, 0) is 31.5 Å². The minimum atomic E-state index is -0.478. The van der Waals surface area contributed by atoms with Crippen LogP contribution in [0.1, 0.15) is 55.5 Å². The Hall–Kier alpha value is -1.86. The maximum absolute atomic E-state index is 13.3. The molecule has 21 heavy (non-hydrogen) atoms. The van der Waals surface area contributed by atoms with Crippen molar-refractivity contribution >= 4 is 5.91 Å². The van der Waals surface area contributed by atoms with Crippen LogP contribution < -0.4 is 5.32 Å². The number of aliphatic hydroxyl groups excluding tert-OH is 1. The molecule has 0 saturated carbocycles. The SMILES string of the molecule is CCCCCC(C)NC(=O)c1cc(F)ccc1C#CCO. The predicted molar refractivity (Wildman–Crippen MR) is 81.4 cm³/mol. The monoisotopic (exact) mass is 291 g/mol. The zero-order valence-corrected chi connectivity index (χ0v) is 12.6. The van der Waals surface area contributed by atoms with Crippen molar-refractivity contribution in [2.45, 2.75) is 45.6 Å². The second-order valence-corrected chi connectivity index (χ2v) is 5.02. The van der Waals surface area contributed by atoms with Gasteiger partial charge in [-0.25, -0.2) is 4.39 Å². The van der Waals surface area contributed by atoms with Crippen LogP contribution in [0.25, 0.3) is 0 Å². The fraction of sp³-hybridized carbons (Fsp3) is 0.471. The van der Waals surface area contributed by atoms with E-state index in [1.165, 1.54) is 18.2 Å². The van der Waals surface area contributed by atoms with Crippen LogP contribution in [0.3, 0.4) is 0 Å². The highest BCUT2D eigenvalue weighted by atomic mass is 19.1. The van der Waals surface area contributed by atoms with Crippen molar-refractivity contribution in [2.75, 3.05) is 6.61 Å². The van der Waals surface area contributed by atoms with Crippen molar-refractivity contribution in [1.29, 1.82) is 0 Å². The molecule has 1 amide bonds. The lowest BCUT2D eigenvalue weighted by Gasteiger charge is -2.14. The fourth-order valence-electron chi connectivity index (χ4n) is 2.02. The molecule has 0 aliphatic rings. The predicted octanol–water partition coefficient (Wildman–Crippen LogP) is 2.87. The number of carbonyl (C=O) groups is 1. The van der Waals surface area contributed by atoms with Crippen molar-refractivity contribution < 1.29 is 14.3 Å². The molecule has 3 nitrogen and oxygen atoms in total. The van der Waals surface area contributed by atoms with Crippen molar-refractivity contribution in [2.24, 2.45) is 0 Å². The van der Waals surface area contributed by atoms with Gasteiger partial charge in [0.2, 0.25) is 0 Å². The summed E-state index contributed by atoms with van der Waals surface area (Å²) in [6.07, 6.45) is 4.21. The number of amides is 1. The lowest BCUT2D eigenvalue weighted by molar-refractivity contribution is 0.0937. The van der Waals surface area contributed by atoms with E-state index in [0.29, 0.717) is 5.56 Å². The molecule has 1 aromatic rings. The molecule has 0 aliphatic heterocycles. The summed E-state index contributed by atoms with van der Waals surface area (Å²) in [6, 6.07) is 3.92. The Labute approximate surface area is 125 Å². The van der Waals surface area contributed by atoms with E-state index in [1.54, 1.807) is 0 Å². The van der Waals surface area contributed by atoms with Gasteiger partial charge in [0.05, 0.1) is 5.56 Å². The summed E-state index contributed by atoms with van der Waals surface area (Å²) in [5, 5.41) is 11.6. The van der Waals surface area contributed by atoms with E-state index >= 15 is 0 Å². The molecule has 114 valence electrons. The minimum Gasteiger partial charge on any atom is -0.384 e. The summed E-state index contributed by atoms with van der Waals surface area (Å²) >= 11 is 0. The van der Waals surface area contributed by atoms with Crippen molar-refractivity contribution in [3.63, 3.8) is 0 Å². The number of aliphatic hydroxyl groups is 1. The second-order valence-electron chi connectivity index (χ2n) is 5.02. The molecule has 0 bridgehead atoms. The van der Waals surface area contributed by atoms with Crippen LogP contribution in [0.5, 0.6) is 0 Å². The van der Waals surface area contributed by atoms with Gasteiger partial charge in [0.15, 0.2) is 0 Å². The molecular weight excluding hydrogens is 269 g/mol. The van der Waals surface area contributed by atoms with E-state index in [4.69, 9.17) is 5.11 Å². The van der Waals surface area contributed by atoms with Gasteiger partial charge >= 0.3 is 0 Å². The van der Waals surface area contributed by atoms with E-state index < -0.39 is 5.82 Å². The number of nitrogens with one attached hydrogen (secondary N) is 1. The normalized spacial score (nSPS) is 11.4. The highest BCUT2D eigenvalue weighted by Gasteiger charge is 2.14. The molecule has 0 aromatic heterocycles. The third-order valence-electron chi connectivity index (χ3n) is 3.15. The van der Waals surface area contributed by atoms with E-state index in [1.807, 2.05) is 6.92 Å². The minimum absolute atomic E-state index is 0.0333. The van der Waals surface area contributed by atoms with Crippen LogP contribution in [0.4, 0.5) is 4.39 Å². The third-order valence-corrected chi connectivity index (χ3v) is 3.15. The number of hydrogen-bond donors (Lipinski definition) is 2. The second kappa shape index (κ2) is 9.15. The summed E-state index contributed by atoms with van der Waals surface area (Å²) in [5.41, 5.74) is 0.627. The average molecular weight is 291 g/mol. The Morgan fingerprint density at radius 2 is 2.19 bits per heavy atom. The Bertz CT molecular complexity index is 531. The van der Waals surface area contributed by atoms with E-state index in [9.17, 15) is 9.18 Å². The summed E-state index contributed by atoms with van der Waals surface area (Å²) in [7, 11) is 0. The molecule has 0 spiro atoms. The summed E-state index contributed by atoms with van der Waals surface area (Å²) < 4.78 is 13.3. The van der Waals surface area contributed by atoms with Crippen LogP contribution >= 0.6 is 0 Å². The van der Waals surface area contributed by atoms with E-state index in [2.05, 4.69) is 24.1 Å². The molecule has 1 atom stereocenters. The van der Waals surface area contributed by atoms with Crippen LogP contribution in [0.2, 0.25) is 0 Å². The van der Waals surface area contributed by atoms with Crippen LogP contribution in [-0.2, 0) is 0 Å². The quantitative estimate of drug-likeness (QED) is 0.625. The van der Waals surface area contributed by atoms with E-state index in [0.717, 1.165) is 25.7 Å². The third kappa shape index (κ3) is 5.97. The first-order valence-electron chi connectivity index (χ1n) is 7.28. The number of rotatable bonds is 6. The number of carbonyl (C=O) groups excluding carboxylic acids is 1. The highest BCUT2D eigenvalue weighted by molar-refractivity contribution is 5.96. The zero-order chi connectivity index (χ0) is 15.7. The molecule has 1 rings (SSSR count). The number of unbranched alkanes of at least 4 members (excludes halogenated alkanes) is 2. The number of halogens is 1. The molecule has 0 saturated heterocycles. The van der Waals surface area contributed by atoms with Gasteiger partial charge in [0.1, 0.15) is 12.4 Å². The van der Waals surface area contributed by atoms with Gasteiger partial charge in [-0.3, -0.25) is 4.79 Å². The lowest BCUT2D eigenvalue weighted by Crippen LogP contribution is -2.33. The molecule has 0 radical (unpaired) electrons. The maximum Gasteiger partial charge on any atom is 0.252 e. The van der Waals surface area contributed by atoms with Gasteiger partial charge in [-0.2, -0.15) is 0 Å². The molecule has 0 aliphatic carbocycles. The Kier molecular flexibility index (Phi) is 7.49. The summed E-state index contributed by atoms with van der Waals surface area (Å²) in [4.78, 5) is 12.2. The van der Waals surface area contributed by atoms with Gasteiger partial charge in [-0.15, -0.1) is 0 Å². The molecular formula is C17H22FNO2. The largest absolute Gasteiger partial charge is 0.384 e. The standard InChI is InChI=1S/C17H22FNO2/c1-3-4-5-7-13(2)19-17(21)16-12-15(18)10-9-14(16)8-6-11-20/h9-10,12-13,20H,3-5,7,11H2,1-2H3,(H,19,21). The first-order valence-corrected chi connectivity index (χ1v) is 7.28. The van der Waals surface area contributed by atoms with E-state index in [-0.39, 0.29) is 24.1 Å². The first kappa shape index (κ1) is 17.2. The number of hydrogen-bond acceptors (Lipinski definition) is 2. The van der Waals surface area contributed by atoms with Crippen molar-refractivity contribution in [3.05, 3.63) is 35.1 Å². The van der Waals surface area contributed by atoms with Crippen LogP contribution in [-0.4, -0.2) is 23.7 Å². The molecule has 1 aromatic carbocycles. The summed E-state index contributed by atoms with van der Waals surface area (Å²) in [6.45, 7) is 3.76. The van der Waals surface area contributed by atoms with Crippen molar-refractivity contribution in [1.82, 2.24) is 5.32 Å². The highest BCUT2D eigenvalue weighted by Crippen LogP contribution is 2.12. The van der Waals surface area contributed by atoms with Crippen LogP contribution in [0, 0.1) is 17.7 Å². The van der Waals surface area contributed by atoms with Gasteiger partial charge < -0.3 is 10.4 Å². The molecule has 2 N–H and O–H groups in total. The number of benzene rings is 1. The van der Waals surface area contributed by atoms with Gasteiger partial charge in [-0.1, -0.05) is 38.0 Å². The lowest BCUT2D eigenvalue weighted by atomic mass is 10.1. The fourth-order valence-corrected chi connectivity index (χ4v) is 2.02.